The number of hydrogen-bond donors (Lipinski definition) is 1. The fourth-order valence-electron chi connectivity index (χ4n) is 2.15. The molecule has 1 heterocycles. The van der Waals surface area contributed by atoms with Crippen molar-refractivity contribution in [1.29, 1.82) is 0 Å². The Morgan fingerprint density at radius 1 is 1.38 bits per heavy atom. The molecule has 112 valence electrons. The summed E-state index contributed by atoms with van der Waals surface area (Å²) in [6, 6.07) is 7.71. The molecule has 0 bridgehead atoms. The third kappa shape index (κ3) is 4.13. The van der Waals surface area contributed by atoms with Gasteiger partial charge in [-0.05, 0) is 31.8 Å². The second-order valence-corrected chi connectivity index (χ2v) is 5.36. The first-order valence-corrected chi connectivity index (χ1v) is 6.85. The molecule has 0 unspecified atom stereocenters. The highest BCUT2D eigenvalue weighted by Crippen LogP contribution is 2.14. The van der Waals surface area contributed by atoms with E-state index in [9.17, 15) is 9.59 Å². The maximum atomic E-state index is 12.2. The summed E-state index contributed by atoms with van der Waals surface area (Å²) in [5.74, 6) is -0.323. The van der Waals surface area contributed by atoms with Crippen LogP contribution in [0.1, 0.15) is 18.4 Å². The molecule has 1 aliphatic rings. The van der Waals surface area contributed by atoms with Gasteiger partial charge in [-0.1, -0.05) is 12.1 Å². The van der Waals surface area contributed by atoms with Crippen molar-refractivity contribution in [2.75, 3.05) is 26.5 Å². The third-order valence-corrected chi connectivity index (χ3v) is 3.15. The predicted molar refractivity (Wildman–Crippen MR) is 81.9 cm³/mol. The minimum absolute atomic E-state index is 0.0699. The molecule has 0 spiro atoms. The van der Waals surface area contributed by atoms with Crippen molar-refractivity contribution in [2.45, 2.75) is 19.4 Å². The Balaban J connectivity index is 2.06. The zero-order chi connectivity index (χ0) is 15.4. The summed E-state index contributed by atoms with van der Waals surface area (Å²) in [7, 11) is 5.55. The Hall–Kier alpha value is -2.21. The average Bonchev–Trinajstić information content (AvgIpc) is 2.41. The lowest BCUT2D eigenvalue weighted by molar-refractivity contribution is -0.130. The monoisotopic (exact) mass is 288 g/mol. The number of benzene rings is 1. The zero-order valence-corrected chi connectivity index (χ0v) is 12.6. The molecule has 6 heteroatoms. The molecule has 0 fully saturated rings. The van der Waals surface area contributed by atoms with E-state index in [-0.39, 0.29) is 11.8 Å². The number of anilines is 1. The fraction of sp³-hybridized carbons (Fsp3) is 0.400. The van der Waals surface area contributed by atoms with Gasteiger partial charge in [0.2, 0.25) is 5.91 Å². The minimum atomic E-state index is -0.253. The Morgan fingerprint density at radius 3 is 2.81 bits per heavy atom. The molecule has 1 N–H and O–H groups in total. The van der Waals surface area contributed by atoms with E-state index >= 15 is 0 Å². The normalized spacial score (nSPS) is 15.1. The number of hydrogen-bond acceptors (Lipinski definition) is 4. The molecule has 0 atom stereocenters. The Morgan fingerprint density at radius 2 is 2.14 bits per heavy atom. The number of rotatable bonds is 4. The molecule has 21 heavy (non-hydrogen) atoms. The van der Waals surface area contributed by atoms with Gasteiger partial charge in [0.1, 0.15) is 5.71 Å². The molecule has 0 aliphatic carbocycles. The second-order valence-electron chi connectivity index (χ2n) is 5.36. The average molecular weight is 288 g/mol. The van der Waals surface area contributed by atoms with Crippen LogP contribution >= 0.6 is 0 Å². The molecule has 0 saturated carbocycles. The zero-order valence-electron chi connectivity index (χ0n) is 12.6. The van der Waals surface area contributed by atoms with Gasteiger partial charge >= 0.3 is 0 Å². The molecule has 0 radical (unpaired) electrons. The first kappa shape index (κ1) is 15.2. The molecular formula is C15H20N4O2. The van der Waals surface area contributed by atoms with Crippen molar-refractivity contribution in [3.63, 3.8) is 0 Å². The number of amides is 2. The van der Waals surface area contributed by atoms with E-state index in [0.717, 1.165) is 17.8 Å². The molecule has 0 aromatic heterocycles. The molecule has 0 saturated heterocycles. The van der Waals surface area contributed by atoms with Gasteiger partial charge in [0.25, 0.3) is 5.91 Å². The van der Waals surface area contributed by atoms with Gasteiger partial charge in [0.05, 0.1) is 0 Å². The highest BCUT2D eigenvalue weighted by molar-refractivity contribution is 6.43. The van der Waals surface area contributed by atoms with Crippen molar-refractivity contribution >= 4 is 23.2 Å². The number of carbonyl (C=O) groups excluding carboxylic acids is 2. The van der Waals surface area contributed by atoms with Crippen molar-refractivity contribution in [2.24, 2.45) is 5.10 Å². The van der Waals surface area contributed by atoms with Gasteiger partial charge in [0, 0.05) is 32.1 Å². The summed E-state index contributed by atoms with van der Waals surface area (Å²) in [5, 5.41) is 8.07. The summed E-state index contributed by atoms with van der Waals surface area (Å²) >= 11 is 0. The van der Waals surface area contributed by atoms with Crippen molar-refractivity contribution in [3.8, 4) is 0 Å². The minimum Gasteiger partial charge on any atom is -0.321 e. The van der Waals surface area contributed by atoms with Gasteiger partial charge < -0.3 is 10.2 Å². The summed E-state index contributed by atoms with van der Waals surface area (Å²) in [5.41, 5.74) is 2.24. The third-order valence-electron chi connectivity index (χ3n) is 3.15. The van der Waals surface area contributed by atoms with Crippen LogP contribution in [0.4, 0.5) is 5.69 Å². The van der Waals surface area contributed by atoms with Gasteiger partial charge in [-0.25, -0.2) is 5.01 Å². The smallest absolute Gasteiger partial charge is 0.271 e. The summed E-state index contributed by atoms with van der Waals surface area (Å²) < 4.78 is 0. The van der Waals surface area contributed by atoms with E-state index in [1.54, 1.807) is 7.05 Å². The molecule has 2 rings (SSSR count). The van der Waals surface area contributed by atoms with Crippen LogP contribution in [0.2, 0.25) is 0 Å². The standard InChI is InChI=1S/C15H20N4O2/c1-18(2)10-11-5-4-6-12(9-11)16-15(21)13-7-8-14(20)19(3)17-13/h4-6,9H,7-8,10H2,1-3H3,(H,16,21). The summed E-state index contributed by atoms with van der Waals surface area (Å²) in [6.45, 7) is 0.807. The lowest BCUT2D eigenvalue weighted by Gasteiger charge is -2.19. The van der Waals surface area contributed by atoms with E-state index in [1.165, 1.54) is 5.01 Å². The van der Waals surface area contributed by atoms with Gasteiger partial charge in [-0.15, -0.1) is 0 Å². The predicted octanol–water partition coefficient (Wildman–Crippen LogP) is 1.29. The van der Waals surface area contributed by atoms with Crippen molar-refractivity contribution in [3.05, 3.63) is 29.8 Å². The molecule has 1 aromatic carbocycles. The lowest BCUT2D eigenvalue weighted by atomic mass is 10.1. The van der Waals surface area contributed by atoms with Crippen LogP contribution in [0.25, 0.3) is 0 Å². The van der Waals surface area contributed by atoms with Crippen molar-refractivity contribution in [1.82, 2.24) is 9.91 Å². The van der Waals surface area contributed by atoms with Crippen LogP contribution < -0.4 is 5.32 Å². The Labute approximate surface area is 124 Å². The summed E-state index contributed by atoms with van der Waals surface area (Å²) in [6.07, 6.45) is 0.704. The number of carbonyl (C=O) groups is 2. The molecule has 2 amide bonds. The second kappa shape index (κ2) is 6.49. The van der Waals surface area contributed by atoms with Gasteiger partial charge in [-0.3, -0.25) is 9.59 Å². The quantitative estimate of drug-likeness (QED) is 0.908. The lowest BCUT2D eigenvalue weighted by Crippen LogP contribution is -2.34. The molecule has 1 aromatic rings. The van der Waals surface area contributed by atoms with Crippen LogP contribution in [0.15, 0.2) is 29.4 Å². The largest absolute Gasteiger partial charge is 0.321 e. The van der Waals surface area contributed by atoms with E-state index in [2.05, 4.69) is 15.3 Å². The van der Waals surface area contributed by atoms with Crippen LogP contribution in [-0.2, 0) is 16.1 Å². The van der Waals surface area contributed by atoms with E-state index in [4.69, 9.17) is 0 Å². The van der Waals surface area contributed by atoms with E-state index < -0.39 is 0 Å². The maximum Gasteiger partial charge on any atom is 0.271 e. The van der Waals surface area contributed by atoms with Crippen molar-refractivity contribution < 1.29 is 9.59 Å². The first-order valence-electron chi connectivity index (χ1n) is 6.85. The first-order chi connectivity index (χ1) is 9.95. The Kier molecular flexibility index (Phi) is 4.70. The topological polar surface area (TPSA) is 65.0 Å². The molecule has 6 nitrogen and oxygen atoms in total. The van der Waals surface area contributed by atoms with Crippen LogP contribution in [-0.4, -0.2) is 48.6 Å². The van der Waals surface area contributed by atoms with Gasteiger partial charge in [-0.2, -0.15) is 5.10 Å². The fourth-order valence-corrected chi connectivity index (χ4v) is 2.15. The maximum absolute atomic E-state index is 12.2. The SMILES string of the molecule is CN(C)Cc1cccc(NC(=O)C2=NN(C)C(=O)CC2)c1. The molecule has 1 aliphatic heterocycles. The Bertz CT molecular complexity index is 581. The van der Waals surface area contributed by atoms with Gasteiger partial charge in [0.15, 0.2) is 0 Å². The highest BCUT2D eigenvalue weighted by Gasteiger charge is 2.21. The van der Waals surface area contributed by atoms with Crippen LogP contribution in [0, 0.1) is 0 Å². The van der Waals surface area contributed by atoms with Crippen LogP contribution in [0.3, 0.4) is 0 Å². The van der Waals surface area contributed by atoms with E-state index in [1.807, 2.05) is 38.4 Å². The van der Waals surface area contributed by atoms with Crippen LogP contribution in [0.5, 0.6) is 0 Å². The van der Waals surface area contributed by atoms with E-state index in [0.29, 0.717) is 18.6 Å². The number of nitrogens with zero attached hydrogens (tertiary/aromatic N) is 3. The molecular weight excluding hydrogens is 268 g/mol. The number of hydrazone groups is 1. The summed E-state index contributed by atoms with van der Waals surface area (Å²) in [4.78, 5) is 25.6. The highest BCUT2D eigenvalue weighted by atomic mass is 16.2. The number of nitrogens with one attached hydrogen (secondary N) is 1.